The number of guanidine groups is 1. The average Bonchev–Trinajstić information content (AvgIpc) is 2.92. The molecular formula is C20H23FN4O2S. The van der Waals surface area contributed by atoms with Crippen LogP contribution in [0, 0.1) is 5.82 Å². The Bertz CT molecular complexity index is 942. The van der Waals surface area contributed by atoms with Gasteiger partial charge in [0.05, 0.1) is 6.04 Å². The predicted octanol–water partition coefficient (Wildman–Crippen LogP) is 3.35. The molecule has 2 atom stereocenters. The summed E-state index contributed by atoms with van der Waals surface area (Å²) in [6.07, 6.45) is 1.60. The molecule has 0 fully saturated rings. The highest BCUT2D eigenvalue weighted by atomic mass is 32.2. The number of carbonyl (C=O) groups excluding carboxylic acids is 1. The number of amides is 1. The molecule has 1 amide bonds. The standard InChI is InChI=1S/C20H23FN4O2S/c1-15(17-11-5-6-12-18(17)21)23-20(25-14-8-7-13-22-28(25)27)24-19(26)16-9-3-2-4-10-16/h2-6,9-12,15,28H,7-8,13-14H2,1H3,(H,23,24,26)/t15-/m0/s1. The van der Waals surface area contributed by atoms with Gasteiger partial charge in [-0.1, -0.05) is 36.4 Å². The lowest BCUT2D eigenvalue weighted by Crippen LogP contribution is -2.43. The quantitative estimate of drug-likeness (QED) is 0.469. The van der Waals surface area contributed by atoms with E-state index in [1.165, 1.54) is 10.4 Å². The van der Waals surface area contributed by atoms with E-state index in [4.69, 9.17) is 0 Å². The van der Waals surface area contributed by atoms with E-state index in [-0.39, 0.29) is 17.7 Å². The molecule has 6 nitrogen and oxygen atoms in total. The topological polar surface area (TPSA) is 74.1 Å². The molecule has 0 spiro atoms. The lowest BCUT2D eigenvalue weighted by molar-refractivity contribution is 0.0974. The monoisotopic (exact) mass is 402 g/mol. The zero-order valence-electron chi connectivity index (χ0n) is 15.6. The molecule has 28 heavy (non-hydrogen) atoms. The van der Waals surface area contributed by atoms with E-state index in [2.05, 4.69) is 14.7 Å². The molecule has 148 valence electrons. The normalized spacial score (nSPS) is 18.7. The molecule has 0 saturated carbocycles. The van der Waals surface area contributed by atoms with Crippen LogP contribution in [0.5, 0.6) is 0 Å². The zero-order chi connectivity index (χ0) is 19.9. The van der Waals surface area contributed by atoms with Crippen molar-refractivity contribution in [1.29, 1.82) is 0 Å². The predicted molar refractivity (Wildman–Crippen MR) is 109 cm³/mol. The average molecular weight is 402 g/mol. The Morgan fingerprint density at radius 2 is 1.89 bits per heavy atom. The summed E-state index contributed by atoms with van der Waals surface area (Å²) in [7, 11) is -2.06. The van der Waals surface area contributed by atoms with Gasteiger partial charge >= 0.3 is 0 Å². The molecule has 0 radical (unpaired) electrons. The minimum atomic E-state index is -2.06. The van der Waals surface area contributed by atoms with Crippen molar-refractivity contribution in [3.05, 3.63) is 71.5 Å². The second-order valence-corrected chi connectivity index (χ2v) is 7.69. The maximum Gasteiger partial charge on any atom is 0.257 e. The fourth-order valence-corrected chi connectivity index (χ4v) is 3.91. The van der Waals surface area contributed by atoms with Crippen molar-refractivity contribution in [2.45, 2.75) is 25.8 Å². The summed E-state index contributed by atoms with van der Waals surface area (Å²) in [5.74, 6) is -0.596. The van der Waals surface area contributed by atoms with E-state index in [0.29, 0.717) is 24.2 Å². The summed E-state index contributed by atoms with van der Waals surface area (Å²) in [5, 5.41) is 2.75. The minimum absolute atomic E-state index is 0.149. The van der Waals surface area contributed by atoms with Crippen LogP contribution in [0.3, 0.4) is 0 Å². The Kier molecular flexibility index (Phi) is 6.76. The van der Waals surface area contributed by atoms with Crippen molar-refractivity contribution in [2.75, 3.05) is 13.1 Å². The summed E-state index contributed by atoms with van der Waals surface area (Å²) in [6, 6.07) is 14.5. The summed E-state index contributed by atoms with van der Waals surface area (Å²) in [6.45, 7) is 2.69. The largest absolute Gasteiger partial charge is 0.292 e. The van der Waals surface area contributed by atoms with Crippen molar-refractivity contribution in [3.63, 3.8) is 0 Å². The van der Waals surface area contributed by atoms with E-state index in [1.807, 2.05) is 6.07 Å². The number of nitrogens with zero attached hydrogens (tertiary/aromatic N) is 3. The van der Waals surface area contributed by atoms with Crippen molar-refractivity contribution in [2.24, 2.45) is 9.36 Å². The van der Waals surface area contributed by atoms with Crippen LogP contribution >= 0.6 is 0 Å². The number of nitrogens with one attached hydrogen (secondary N) is 1. The van der Waals surface area contributed by atoms with Gasteiger partial charge in [0.1, 0.15) is 16.6 Å². The summed E-state index contributed by atoms with van der Waals surface area (Å²) in [5.41, 5.74) is 0.853. The maximum absolute atomic E-state index is 14.2. The van der Waals surface area contributed by atoms with E-state index < -0.39 is 16.8 Å². The van der Waals surface area contributed by atoms with E-state index in [1.54, 1.807) is 49.4 Å². The van der Waals surface area contributed by atoms with Crippen molar-refractivity contribution < 1.29 is 13.4 Å². The molecule has 0 aromatic heterocycles. The van der Waals surface area contributed by atoms with Gasteiger partial charge in [-0.2, -0.15) is 0 Å². The van der Waals surface area contributed by atoms with Crippen molar-refractivity contribution >= 4 is 22.6 Å². The van der Waals surface area contributed by atoms with Crippen LogP contribution in [-0.2, 0) is 10.8 Å². The van der Waals surface area contributed by atoms with Crippen molar-refractivity contribution in [3.8, 4) is 0 Å². The van der Waals surface area contributed by atoms with Gasteiger partial charge in [0.25, 0.3) is 5.91 Å². The molecule has 1 unspecified atom stereocenters. The molecule has 1 aliphatic heterocycles. The Hall–Kier alpha value is -2.74. The molecule has 0 bridgehead atoms. The molecule has 0 aliphatic carbocycles. The molecule has 1 aliphatic rings. The first-order valence-electron chi connectivity index (χ1n) is 9.17. The highest BCUT2D eigenvalue weighted by Gasteiger charge is 2.20. The summed E-state index contributed by atoms with van der Waals surface area (Å²) >= 11 is 0. The fourth-order valence-electron chi connectivity index (χ4n) is 2.87. The van der Waals surface area contributed by atoms with E-state index >= 15 is 0 Å². The lowest BCUT2D eigenvalue weighted by atomic mass is 10.1. The second kappa shape index (κ2) is 9.45. The first kappa shape index (κ1) is 20.0. The zero-order valence-corrected chi connectivity index (χ0v) is 16.5. The van der Waals surface area contributed by atoms with Gasteiger partial charge in [-0.3, -0.25) is 14.4 Å². The second-order valence-electron chi connectivity index (χ2n) is 6.42. The number of halogens is 1. The van der Waals surface area contributed by atoms with Gasteiger partial charge in [-0.25, -0.2) is 18.0 Å². The number of rotatable bonds is 3. The Morgan fingerprint density at radius 1 is 1.18 bits per heavy atom. The smallest absolute Gasteiger partial charge is 0.257 e. The Balaban J connectivity index is 1.95. The fraction of sp³-hybridized carbons (Fsp3) is 0.300. The van der Waals surface area contributed by atoms with Crippen LogP contribution in [0.15, 0.2) is 64.0 Å². The van der Waals surface area contributed by atoms with Gasteiger partial charge in [0, 0.05) is 24.2 Å². The third kappa shape index (κ3) is 4.95. The maximum atomic E-state index is 14.2. The molecule has 8 heteroatoms. The van der Waals surface area contributed by atoms with E-state index in [0.717, 1.165) is 12.8 Å². The number of carbonyl (C=O) groups is 1. The number of hydrogen-bond donors (Lipinski definition) is 2. The van der Waals surface area contributed by atoms with Gasteiger partial charge in [-0.15, -0.1) is 0 Å². The highest BCUT2D eigenvalue weighted by Crippen LogP contribution is 2.20. The van der Waals surface area contributed by atoms with Gasteiger partial charge < -0.3 is 0 Å². The molecule has 1 heterocycles. The third-order valence-corrected chi connectivity index (χ3v) is 5.63. The van der Waals surface area contributed by atoms with Crippen LogP contribution in [0.1, 0.15) is 41.7 Å². The highest BCUT2D eigenvalue weighted by molar-refractivity contribution is 7.73. The summed E-state index contributed by atoms with van der Waals surface area (Å²) in [4.78, 5) is 17.2. The number of benzene rings is 2. The molecular weight excluding hydrogens is 379 g/mol. The van der Waals surface area contributed by atoms with E-state index in [9.17, 15) is 13.4 Å². The number of thiol groups is 1. The van der Waals surface area contributed by atoms with Gasteiger partial charge in [-0.05, 0) is 38.0 Å². The molecule has 0 saturated heterocycles. The van der Waals surface area contributed by atoms with Crippen LogP contribution in [0.2, 0.25) is 0 Å². The minimum Gasteiger partial charge on any atom is -0.292 e. The van der Waals surface area contributed by atoms with Crippen LogP contribution in [-0.4, -0.2) is 33.5 Å². The Morgan fingerprint density at radius 3 is 2.64 bits per heavy atom. The lowest BCUT2D eigenvalue weighted by Gasteiger charge is -2.22. The summed E-state index contributed by atoms with van der Waals surface area (Å²) < 4.78 is 32.3. The number of aliphatic imine (C=N–C) groups is 1. The first-order chi connectivity index (χ1) is 13.6. The molecule has 1 N–H and O–H groups in total. The van der Waals surface area contributed by atoms with Crippen molar-refractivity contribution in [1.82, 2.24) is 9.62 Å². The van der Waals surface area contributed by atoms with Crippen LogP contribution < -0.4 is 5.32 Å². The molecule has 2 aromatic rings. The van der Waals surface area contributed by atoms with Gasteiger partial charge in [0.2, 0.25) is 5.96 Å². The first-order valence-corrected chi connectivity index (χ1v) is 10.3. The SMILES string of the molecule is C[C@H](/N=C(/NC(=O)c1ccccc1)N1CCCCN=[SH]1=O)c1ccccc1F. The molecule has 3 rings (SSSR count). The molecule has 2 aromatic carbocycles. The number of hydrogen-bond acceptors (Lipinski definition) is 4. The van der Waals surface area contributed by atoms with Crippen LogP contribution in [0.25, 0.3) is 0 Å². The van der Waals surface area contributed by atoms with Crippen LogP contribution in [0.4, 0.5) is 4.39 Å². The Labute approximate surface area is 165 Å². The third-order valence-electron chi connectivity index (χ3n) is 4.38. The van der Waals surface area contributed by atoms with Gasteiger partial charge in [0.15, 0.2) is 0 Å².